The number of anilines is 3. The molecule has 0 bridgehead atoms. The predicted octanol–water partition coefficient (Wildman–Crippen LogP) is 6.08. The van der Waals surface area contributed by atoms with Crippen LogP contribution in [0.1, 0.15) is 59.7 Å². The topological polar surface area (TPSA) is 110 Å². The van der Waals surface area contributed by atoms with Gasteiger partial charge in [0.05, 0.1) is 23.6 Å². The predicted molar refractivity (Wildman–Crippen MR) is 160 cm³/mol. The van der Waals surface area contributed by atoms with Gasteiger partial charge in [-0.2, -0.15) is 0 Å². The molecule has 0 unspecified atom stereocenters. The number of amides is 1. The number of benzene rings is 1. The lowest BCUT2D eigenvalue weighted by atomic mass is 10.0. The van der Waals surface area contributed by atoms with Crippen LogP contribution in [0.25, 0.3) is 22.3 Å². The number of pyridine rings is 1. The highest BCUT2D eigenvalue weighted by atomic mass is 19.1. The number of nitrogens with zero attached hydrogens (tertiary/aromatic N) is 6. The van der Waals surface area contributed by atoms with Crippen LogP contribution in [0.4, 0.5) is 31.0 Å². The van der Waals surface area contributed by atoms with E-state index >= 15 is 4.39 Å². The van der Waals surface area contributed by atoms with Crippen molar-refractivity contribution in [2.45, 2.75) is 77.5 Å². The minimum absolute atomic E-state index is 0.0101. The molecular formula is C31H36F2N8O2. The minimum Gasteiger partial charge on any atom is -0.444 e. The molecule has 10 nitrogen and oxygen atoms in total. The highest BCUT2D eigenvalue weighted by Gasteiger charge is 2.33. The number of imidazole rings is 1. The summed E-state index contributed by atoms with van der Waals surface area (Å²) < 4.78 is 37.5. The van der Waals surface area contributed by atoms with Gasteiger partial charge in [0.2, 0.25) is 5.95 Å². The number of hydrogen-bond donors (Lipinski definition) is 2. The Balaban J connectivity index is 1.14. The summed E-state index contributed by atoms with van der Waals surface area (Å²) in [6.45, 7) is 11.2. The number of hydrogen-bond acceptors (Lipinski definition) is 8. The molecule has 1 saturated heterocycles. The summed E-state index contributed by atoms with van der Waals surface area (Å²) >= 11 is 0. The Morgan fingerprint density at radius 3 is 2.51 bits per heavy atom. The number of halogens is 2. The Bertz CT molecular complexity index is 1670. The van der Waals surface area contributed by atoms with Crippen LogP contribution in [0.15, 0.2) is 36.7 Å². The fourth-order valence-electron chi connectivity index (χ4n) is 5.84. The normalized spacial score (nSPS) is 16.8. The van der Waals surface area contributed by atoms with Crippen molar-refractivity contribution in [2.75, 3.05) is 23.3 Å². The Hall–Kier alpha value is -4.35. The van der Waals surface area contributed by atoms with E-state index in [2.05, 4.69) is 49.3 Å². The van der Waals surface area contributed by atoms with Gasteiger partial charge in [-0.25, -0.2) is 33.5 Å². The van der Waals surface area contributed by atoms with E-state index in [1.165, 1.54) is 6.07 Å². The highest BCUT2D eigenvalue weighted by Crippen LogP contribution is 2.38. The lowest BCUT2D eigenvalue weighted by Crippen LogP contribution is -2.46. The average molecular weight is 591 g/mol. The molecule has 0 aliphatic carbocycles. The first-order valence-corrected chi connectivity index (χ1v) is 14.6. The van der Waals surface area contributed by atoms with Gasteiger partial charge in [-0.1, -0.05) is 0 Å². The van der Waals surface area contributed by atoms with Gasteiger partial charge in [0.15, 0.2) is 11.6 Å². The summed E-state index contributed by atoms with van der Waals surface area (Å²) in [5.74, 6) is 0.292. The van der Waals surface area contributed by atoms with Crippen LogP contribution in [-0.4, -0.2) is 55.3 Å². The molecule has 226 valence electrons. The van der Waals surface area contributed by atoms with Crippen molar-refractivity contribution in [2.24, 2.45) is 0 Å². The van der Waals surface area contributed by atoms with Crippen LogP contribution >= 0.6 is 0 Å². The summed E-state index contributed by atoms with van der Waals surface area (Å²) in [7, 11) is 0. The summed E-state index contributed by atoms with van der Waals surface area (Å²) in [6.07, 6.45) is 5.68. The van der Waals surface area contributed by atoms with Crippen molar-refractivity contribution in [1.29, 1.82) is 0 Å². The second kappa shape index (κ2) is 10.7. The zero-order chi connectivity index (χ0) is 30.5. The fourth-order valence-corrected chi connectivity index (χ4v) is 5.84. The lowest BCUT2D eigenvalue weighted by molar-refractivity contribution is 0.0497. The third kappa shape index (κ3) is 5.95. The number of carbonyl (C=O) groups excluding carboxylic acids is 1. The molecule has 1 amide bonds. The van der Waals surface area contributed by atoms with Gasteiger partial charge in [-0.3, -0.25) is 0 Å². The average Bonchev–Trinajstić information content (AvgIpc) is 3.47. The fraction of sp³-hybridized carbons (Fsp3) is 0.452. The van der Waals surface area contributed by atoms with Gasteiger partial charge in [-0.05, 0) is 78.1 Å². The standard InChI is InChI=1S/C31H36F2N8O2/c1-30(2,3)43-29(42)36-19-9-12-40(13-10-19)20-6-7-24(34-16-20)37-28-35-17-22(33)26(39-28)18-14-21(32)27-23(15-18)41-25(38-27)8-11-31(41,4)5/h6-7,14-17,19H,8-13H2,1-5H3,(H,36,42)(H,34,35,37,39). The number of ether oxygens (including phenoxy) is 1. The second-order valence-corrected chi connectivity index (χ2v) is 12.8. The lowest BCUT2D eigenvalue weighted by Gasteiger charge is -2.34. The summed E-state index contributed by atoms with van der Waals surface area (Å²) in [5.41, 5.74) is 1.42. The van der Waals surface area contributed by atoms with E-state index in [1.54, 1.807) is 18.3 Å². The van der Waals surface area contributed by atoms with Gasteiger partial charge >= 0.3 is 6.09 Å². The van der Waals surface area contributed by atoms with Crippen LogP contribution in [0.3, 0.4) is 0 Å². The van der Waals surface area contributed by atoms with Gasteiger partial charge in [-0.15, -0.1) is 0 Å². The highest BCUT2D eigenvalue weighted by molar-refractivity contribution is 5.83. The Kier molecular flexibility index (Phi) is 7.18. The van der Waals surface area contributed by atoms with Gasteiger partial charge in [0, 0.05) is 36.7 Å². The molecule has 4 aromatic rings. The van der Waals surface area contributed by atoms with Crippen molar-refractivity contribution < 1.29 is 18.3 Å². The first-order valence-electron chi connectivity index (χ1n) is 14.6. The van der Waals surface area contributed by atoms with Crippen molar-refractivity contribution >= 4 is 34.6 Å². The minimum atomic E-state index is -0.655. The van der Waals surface area contributed by atoms with Crippen LogP contribution in [0, 0.1) is 11.6 Å². The van der Waals surface area contributed by atoms with Crippen molar-refractivity contribution in [3.63, 3.8) is 0 Å². The molecule has 43 heavy (non-hydrogen) atoms. The molecule has 0 atom stereocenters. The van der Waals surface area contributed by atoms with E-state index in [9.17, 15) is 9.18 Å². The van der Waals surface area contributed by atoms with E-state index in [-0.39, 0.29) is 28.7 Å². The molecule has 2 N–H and O–H groups in total. The van der Waals surface area contributed by atoms with Crippen molar-refractivity contribution in [3.8, 4) is 11.3 Å². The second-order valence-electron chi connectivity index (χ2n) is 12.8. The van der Waals surface area contributed by atoms with E-state index < -0.39 is 23.3 Å². The number of aryl methyl sites for hydroxylation is 1. The summed E-state index contributed by atoms with van der Waals surface area (Å²) in [4.78, 5) is 31.7. The van der Waals surface area contributed by atoms with Crippen LogP contribution in [-0.2, 0) is 16.7 Å². The zero-order valence-corrected chi connectivity index (χ0v) is 25.0. The molecular weight excluding hydrogens is 554 g/mol. The van der Waals surface area contributed by atoms with Crippen LogP contribution < -0.4 is 15.5 Å². The number of rotatable bonds is 5. The van der Waals surface area contributed by atoms with Gasteiger partial charge < -0.3 is 24.8 Å². The van der Waals surface area contributed by atoms with E-state index in [0.29, 0.717) is 16.9 Å². The van der Waals surface area contributed by atoms with Crippen LogP contribution in [0.2, 0.25) is 0 Å². The summed E-state index contributed by atoms with van der Waals surface area (Å²) in [5, 5.41) is 5.98. The number of carbonyl (C=O) groups is 1. The quantitative estimate of drug-likeness (QED) is 0.288. The largest absolute Gasteiger partial charge is 0.444 e. The molecule has 2 aliphatic heterocycles. The first-order chi connectivity index (χ1) is 20.4. The smallest absolute Gasteiger partial charge is 0.407 e. The van der Waals surface area contributed by atoms with Crippen molar-refractivity contribution in [3.05, 3.63) is 54.1 Å². The molecule has 1 aromatic carbocycles. The number of nitrogens with one attached hydrogen (secondary N) is 2. The van der Waals surface area contributed by atoms with E-state index in [4.69, 9.17) is 4.74 Å². The van der Waals surface area contributed by atoms with Gasteiger partial charge in [0.25, 0.3) is 0 Å². The Morgan fingerprint density at radius 2 is 1.81 bits per heavy atom. The SMILES string of the molecule is CC(C)(C)OC(=O)NC1CCN(c2ccc(Nc3ncc(F)c(-c4cc(F)c5nc6n(c5c4)C(C)(C)CC6)n3)nc2)CC1. The third-order valence-electron chi connectivity index (χ3n) is 7.94. The van der Waals surface area contributed by atoms with Gasteiger partial charge in [0.1, 0.15) is 28.5 Å². The first kappa shape index (κ1) is 28.8. The number of aromatic nitrogens is 5. The third-order valence-corrected chi connectivity index (χ3v) is 7.94. The molecule has 5 heterocycles. The maximum Gasteiger partial charge on any atom is 0.407 e. The maximum atomic E-state index is 15.1. The van der Waals surface area contributed by atoms with Crippen LogP contribution in [0.5, 0.6) is 0 Å². The van der Waals surface area contributed by atoms with E-state index in [1.807, 2.05) is 31.4 Å². The van der Waals surface area contributed by atoms with Crippen molar-refractivity contribution in [1.82, 2.24) is 29.8 Å². The maximum absolute atomic E-state index is 15.1. The molecule has 3 aromatic heterocycles. The Morgan fingerprint density at radius 1 is 1.05 bits per heavy atom. The molecule has 0 saturated carbocycles. The number of piperidine rings is 1. The molecule has 6 rings (SSSR count). The molecule has 0 spiro atoms. The van der Waals surface area contributed by atoms with E-state index in [0.717, 1.165) is 56.5 Å². The zero-order valence-electron chi connectivity index (χ0n) is 25.0. The number of fused-ring (bicyclic) bond motifs is 3. The molecule has 1 fully saturated rings. The molecule has 2 aliphatic rings. The Labute approximate surface area is 248 Å². The monoisotopic (exact) mass is 590 g/mol. The molecule has 12 heteroatoms. The summed E-state index contributed by atoms with van der Waals surface area (Å²) in [6, 6.07) is 6.81. The number of alkyl carbamates (subject to hydrolysis) is 1. The molecule has 0 radical (unpaired) electrons.